The van der Waals surface area contributed by atoms with Crippen molar-refractivity contribution in [1.29, 1.82) is 5.26 Å². The van der Waals surface area contributed by atoms with Gasteiger partial charge in [-0.2, -0.15) is 0 Å². The van der Waals surface area contributed by atoms with Crippen molar-refractivity contribution >= 4 is 26.6 Å². The van der Waals surface area contributed by atoms with Gasteiger partial charge in [0.2, 0.25) is 0 Å². The van der Waals surface area contributed by atoms with E-state index in [-0.39, 0.29) is 11.0 Å². The van der Waals surface area contributed by atoms with Crippen molar-refractivity contribution in [3.05, 3.63) is 29.8 Å². The molecule has 0 saturated heterocycles. The Morgan fingerprint density at radius 2 is 2.18 bits per heavy atom. The zero-order chi connectivity index (χ0) is 12.9. The molecule has 7 heteroatoms. The number of nitriles is 1. The molecule has 0 atom stereocenters. The zero-order valence-corrected chi connectivity index (χ0v) is 10.1. The van der Waals surface area contributed by atoms with Gasteiger partial charge in [0.25, 0.3) is 0 Å². The third kappa shape index (κ3) is 4.47. The molecule has 1 aromatic rings. The predicted molar refractivity (Wildman–Crippen MR) is 56.2 cm³/mol. The molecular weight excluding hydrogens is 300 g/mol. The first kappa shape index (κ1) is 13.6. The fraction of sp³-hybridized carbons (Fsp3) is 0.200. The van der Waals surface area contributed by atoms with Gasteiger partial charge in [-0.25, -0.2) is 0 Å². The number of carbonyl (C=O) groups is 1. The van der Waals surface area contributed by atoms with Crippen molar-refractivity contribution in [1.82, 2.24) is 0 Å². The van der Waals surface area contributed by atoms with Gasteiger partial charge in [-0.1, -0.05) is 0 Å². The second-order valence-corrected chi connectivity index (χ2v) is 4.60. The van der Waals surface area contributed by atoms with Crippen molar-refractivity contribution < 1.29 is 18.0 Å². The van der Waals surface area contributed by atoms with E-state index in [4.69, 9.17) is 5.26 Å². The Balaban J connectivity index is 2.73. The molecule has 1 N–H and O–H groups in total. The van der Waals surface area contributed by atoms with Crippen LogP contribution in [0.4, 0.5) is 18.9 Å². The molecule has 0 bridgehead atoms. The summed E-state index contributed by atoms with van der Waals surface area (Å²) in [5.74, 6) is -0.453. The van der Waals surface area contributed by atoms with Crippen LogP contribution in [0.15, 0.2) is 24.3 Å². The zero-order valence-electron chi connectivity index (χ0n) is 8.41. The van der Waals surface area contributed by atoms with Crippen LogP contribution in [0.5, 0.6) is 0 Å². The number of amides is 1. The SMILES string of the molecule is N#C[Se]CC(=O)Nc1cccc(C(F)(F)F)c1. The molecule has 0 aliphatic rings. The summed E-state index contributed by atoms with van der Waals surface area (Å²) in [6.07, 6.45) is -4.43. The summed E-state index contributed by atoms with van der Waals surface area (Å²) in [7, 11) is 0. The second kappa shape index (κ2) is 5.71. The number of hydrogen-bond donors (Lipinski definition) is 1. The summed E-state index contributed by atoms with van der Waals surface area (Å²) >= 11 is -0.480. The van der Waals surface area contributed by atoms with E-state index in [0.717, 1.165) is 12.1 Å². The Kier molecular flexibility index (Phi) is 4.55. The maximum absolute atomic E-state index is 12.4. The summed E-state index contributed by atoms with van der Waals surface area (Å²) in [5.41, 5.74) is -0.736. The molecule has 0 spiro atoms. The normalized spacial score (nSPS) is 10.7. The molecule has 90 valence electrons. The van der Waals surface area contributed by atoms with Crippen LogP contribution in [-0.2, 0) is 11.0 Å². The van der Waals surface area contributed by atoms with Gasteiger partial charge in [0, 0.05) is 0 Å². The minimum atomic E-state index is -4.43. The van der Waals surface area contributed by atoms with E-state index in [1.54, 1.807) is 0 Å². The first-order valence-corrected chi connectivity index (χ1v) is 6.48. The Hall–Kier alpha value is -1.51. The predicted octanol–water partition coefficient (Wildman–Crippen LogP) is 2.25. The molecule has 0 aromatic heterocycles. The average Bonchev–Trinajstić information content (AvgIpc) is 2.25. The number of hydrogen-bond acceptors (Lipinski definition) is 2. The van der Waals surface area contributed by atoms with Gasteiger partial charge >= 0.3 is 101 Å². The monoisotopic (exact) mass is 308 g/mol. The van der Waals surface area contributed by atoms with Crippen molar-refractivity contribution in [3.63, 3.8) is 0 Å². The van der Waals surface area contributed by atoms with E-state index in [1.807, 2.05) is 4.97 Å². The van der Waals surface area contributed by atoms with Crippen LogP contribution in [-0.4, -0.2) is 20.9 Å². The van der Waals surface area contributed by atoms with E-state index in [9.17, 15) is 18.0 Å². The van der Waals surface area contributed by atoms with Gasteiger partial charge in [-0.3, -0.25) is 0 Å². The van der Waals surface area contributed by atoms with E-state index in [2.05, 4.69) is 5.32 Å². The Bertz CT molecular complexity index is 454. The number of alkyl halides is 3. The summed E-state index contributed by atoms with van der Waals surface area (Å²) in [5, 5.41) is 10.6. The number of benzene rings is 1. The van der Waals surface area contributed by atoms with Gasteiger partial charge in [0.1, 0.15) is 0 Å². The number of nitrogens with one attached hydrogen (secondary N) is 1. The van der Waals surface area contributed by atoms with Crippen molar-refractivity contribution in [2.75, 3.05) is 5.32 Å². The molecule has 1 aromatic carbocycles. The van der Waals surface area contributed by atoms with E-state index in [1.165, 1.54) is 12.1 Å². The summed E-state index contributed by atoms with van der Waals surface area (Å²) < 4.78 is 37.1. The van der Waals surface area contributed by atoms with Gasteiger partial charge in [-0.05, 0) is 0 Å². The standard InChI is InChI=1S/C10H7F3N2OSe/c11-10(12,13)7-2-1-3-8(4-7)15-9(16)5-17-6-14/h1-4H,5H2,(H,15,16). The van der Waals surface area contributed by atoms with Gasteiger partial charge in [0.15, 0.2) is 0 Å². The molecule has 0 heterocycles. The van der Waals surface area contributed by atoms with E-state index in [0.29, 0.717) is 0 Å². The average molecular weight is 307 g/mol. The number of anilines is 1. The molecule has 1 amide bonds. The summed E-state index contributed by atoms with van der Waals surface area (Å²) in [6, 6.07) is 4.37. The molecule has 1 rings (SSSR count). The minimum absolute atomic E-state index is 0.0275. The third-order valence-corrected chi connectivity index (χ3v) is 2.87. The maximum atomic E-state index is 12.4. The van der Waals surface area contributed by atoms with Crippen molar-refractivity contribution in [3.8, 4) is 4.97 Å². The Morgan fingerprint density at radius 1 is 1.47 bits per heavy atom. The Labute approximate surface area is 102 Å². The topological polar surface area (TPSA) is 52.9 Å². The molecule has 0 radical (unpaired) electrons. The number of halogens is 3. The number of nitrogens with zero attached hydrogens (tertiary/aromatic N) is 1. The molecule has 0 saturated carbocycles. The van der Waals surface area contributed by atoms with Crippen LogP contribution in [0.1, 0.15) is 5.56 Å². The van der Waals surface area contributed by atoms with Gasteiger partial charge in [0.05, 0.1) is 0 Å². The fourth-order valence-electron chi connectivity index (χ4n) is 1.07. The molecular formula is C10H7F3N2OSe. The molecule has 0 unspecified atom stereocenters. The van der Waals surface area contributed by atoms with Crippen LogP contribution in [0, 0.1) is 10.2 Å². The van der Waals surface area contributed by atoms with Crippen molar-refractivity contribution in [2.24, 2.45) is 0 Å². The molecule has 17 heavy (non-hydrogen) atoms. The molecule has 0 aliphatic carbocycles. The van der Waals surface area contributed by atoms with E-state index >= 15 is 0 Å². The summed E-state index contributed by atoms with van der Waals surface area (Å²) in [6.45, 7) is 0. The van der Waals surface area contributed by atoms with E-state index < -0.39 is 32.6 Å². The Morgan fingerprint density at radius 3 is 2.76 bits per heavy atom. The summed E-state index contributed by atoms with van der Waals surface area (Å²) in [4.78, 5) is 13.0. The third-order valence-electron chi connectivity index (χ3n) is 1.74. The first-order chi connectivity index (χ1) is 7.93. The number of carbonyl (C=O) groups excluding carboxylic acids is 1. The molecule has 3 nitrogen and oxygen atoms in total. The van der Waals surface area contributed by atoms with Gasteiger partial charge < -0.3 is 0 Å². The quantitative estimate of drug-likeness (QED) is 0.871. The van der Waals surface area contributed by atoms with Crippen LogP contribution in [0.3, 0.4) is 0 Å². The second-order valence-electron chi connectivity index (χ2n) is 3.01. The fourth-order valence-corrected chi connectivity index (χ4v) is 1.63. The van der Waals surface area contributed by atoms with Crippen LogP contribution in [0.25, 0.3) is 0 Å². The van der Waals surface area contributed by atoms with Crippen LogP contribution < -0.4 is 5.32 Å². The number of rotatable bonds is 3. The van der Waals surface area contributed by atoms with Crippen LogP contribution >= 0.6 is 0 Å². The van der Waals surface area contributed by atoms with Crippen LogP contribution in [0.2, 0.25) is 5.32 Å². The van der Waals surface area contributed by atoms with Crippen molar-refractivity contribution in [2.45, 2.75) is 11.5 Å². The molecule has 0 aliphatic heterocycles. The first-order valence-electron chi connectivity index (χ1n) is 4.41. The van der Waals surface area contributed by atoms with Gasteiger partial charge in [-0.15, -0.1) is 0 Å². The molecule has 0 fully saturated rings.